The first-order valence-corrected chi connectivity index (χ1v) is 7.90. The molecule has 1 aliphatic heterocycles. The molecule has 1 atom stereocenters. The maximum Gasteiger partial charge on any atom is 0.253 e. The van der Waals surface area contributed by atoms with Gasteiger partial charge in [0.05, 0.1) is 5.56 Å². The lowest BCUT2D eigenvalue weighted by molar-refractivity contribution is -0.124. The molecule has 5 nitrogen and oxygen atoms in total. The summed E-state index contributed by atoms with van der Waals surface area (Å²) in [5, 5.41) is 5.45. The minimum absolute atomic E-state index is 0.148. The summed E-state index contributed by atoms with van der Waals surface area (Å²) in [4.78, 5) is 28.1. The Morgan fingerprint density at radius 1 is 1.33 bits per heavy atom. The van der Waals surface area contributed by atoms with Gasteiger partial charge in [-0.25, -0.2) is 4.39 Å². The highest BCUT2D eigenvalue weighted by atomic mass is 19.1. The molecule has 2 amide bonds. The lowest BCUT2D eigenvalue weighted by Crippen LogP contribution is -2.50. The molecule has 0 bridgehead atoms. The number of hydrogen-bond acceptors (Lipinski definition) is 3. The fourth-order valence-corrected chi connectivity index (χ4v) is 2.67. The van der Waals surface area contributed by atoms with E-state index in [4.69, 9.17) is 0 Å². The normalized spacial score (nSPS) is 17.2. The predicted octanol–water partition coefficient (Wildman–Crippen LogP) is 1.82. The number of amides is 2. The Morgan fingerprint density at radius 2 is 2.21 bits per heavy atom. The van der Waals surface area contributed by atoms with E-state index in [0.717, 1.165) is 17.7 Å². The maximum absolute atomic E-state index is 13.2. The summed E-state index contributed by atoms with van der Waals surface area (Å²) in [7, 11) is 0. The number of piperidine rings is 1. The van der Waals surface area contributed by atoms with Gasteiger partial charge in [-0.1, -0.05) is 12.1 Å². The van der Waals surface area contributed by atoms with Gasteiger partial charge >= 0.3 is 0 Å². The van der Waals surface area contributed by atoms with Crippen molar-refractivity contribution in [2.75, 3.05) is 6.54 Å². The smallest absolute Gasteiger partial charge is 0.253 e. The number of pyridine rings is 1. The van der Waals surface area contributed by atoms with Crippen molar-refractivity contribution in [2.24, 2.45) is 0 Å². The number of benzene rings is 1. The van der Waals surface area contributed by atoms with Gasteiger partial charge in [-0.3, -0.25) is 14.6 Å². The average Bonchev–Trinajstić information content (AvgIpc) is 2.57. The second-order valence-electron chi connectivity index (χ2n) is 5.80. The second kappa shape index (κ2) is 7.21. The van der Waals surface area contributed by atoms with Gasteiger partial charge in [0.2, 0.25) is 5.91 Å². The molecule has 0 saturated carbocycles. The molecule has 1 aromatic carbocycles. The van der Waals surface area contributed by atoms with Crippen molar-refractivity contribution < 1.29 is 14.0 Å². The van der Waals surface area contributed by atoms with Gasteiger partial charge in [0.1, 0.15) is 11.9 Å². The van der Waals surface area contributed by atoms with Crippen molar-refractivity contribution in [1.29, 1.82) is 0 Å². The molecule has 0 aliphatic carbocycles. The summed E-state index contributed by atoms with van der Waals surface area (Å²) >= 11 is 0. The summed E-state index contributed by atoms with van der Waals surface area (Å²) in [5.74, 6) is -0.749. The summed E-state index contributed by atoms with van der Waals surface area (Å²) in [6.45, 7) is 0.654. The Labute approximate surface area is 139 Å². The van der Waals surface area contributed by atoms with Gasteiger partial charge in [-0.05, 0) is 42.7 Å². The van der Waals surface area contributed by atoms with Crippen LogP contribution in [0.1, 0.15) is 34.5 Å². The minimum Gasteiger partial charge on any atom is -0.354 e. The van der Waals surface area contributed by atoms with E-state index in [1.165, 1.54) is 18.3 Å². The summed E-state index contributed by atoms with van der Waals surface area (Å²) < 4.78 is 13.2. The molecule has 1 aromatic heterocycles. The first kappa shape index (κ1) is 16.1. The van der Waals surface area contributed by atoms with Crippen LogP contribution in [0.25, 0.3) is 0 Å². The molecule has 3 rings (SSSR count). The predicted molar refractivity (Wildman–Crippen MR) is 86.9 cm³/mol. The van der Waals surface area contributed by atoms with E-state index in [9.17, 15) is 14.0 Å². The Hall–Kier alpha value is -2.76. The highest BCUT2D eigenvalue weighted by Crippen LogP contribution is 2.11. The number of nitrogens with zero attached hydrogens (tertiary/aromatic N) is 1. The number of rotatable bonds is 4. The summed E-state index contributed by atoms with van der Waals surface area (Å²) in [6, 6.07) is 9.25. The van der Waals surface area contributed by atoms with Crippen molar-refractivity contribution in [1.82, 2.24) is 15.6 Å². The van der Waals surface area contributed by atoms with Crippen LogP contribution in [0.2, 0.25) is 0 Å². The molecule has 6 heteroatoms. The Kier molecular flexibility index (Phi) is 4.84. The monoisotopic (exact) mass is 327 g/mol. The molecule has 2 heterocycles. The zero-order chi connectivity index (χ0) is 16.9. The van der Waals surface area contributed by atoms with Crippen molar-refractivity contribution in [3.63, 3.8) is 0 Å². The molecule has 0 radical (unpaired) electrons. The van der Waals surface area contributed by atoms with Crippen LogP contribution < -0.4 is 10.6 Å². The average molecular weight is 327 g/mol. The van der Waals surface area contributed by atoms with Crippen molar-refractivity contribution >= 4 is 11.8 Å². The lowest BCUT2D eigenvalue weighted by atomic mass is 10.1. The van der Waals surface area contributed by atoms with Crippen LogP contribution in [0, 0.1) is 5.82 Å². The van der Waals surface area contributed by atoms with E-state index in [1.54, 1.807) is 18.2 Å². The van der Waals surface area contributed by atoms with Crippen LogP contribution in [-0.4, -0.2) is 29.4 Å². The molecule has 2 N–H and O–H groups in total. The van der Waals surface area contributed by atoms with E-state index in [1.807, 2.05) is 6.07 Å². The van der Waals surface area contributed by atoms with Crippen LogP contribution in [-0.2, 0) is 11.2 Å². The van der Waals surface area contributed by atoms with Crippen LogP contribution in [0.5, 0.6) is 0 Å². The van der Waals surface area contributed by atoms with E-state index >= 15 is 0 Å². The molecule has 24 heavy (non-hydrogen) atoms. The topological polar surface area (TPSA) is 71.1 Å². The first-order valence-electron chi connectivity index (χ1n) is 7.90. The zero-order valence-electron chi connectivity index (χ0n) is 13.1. The zero-order valence-corrected chi connectivity index (χ0v) is 13.1. The van der Waals surface area contributed by atoms with Crippen LogP contribution in [0.3, 0.4) is 0 Å². The number of carbonyl (C=O) groups excluding carboxylic acids is 2. The van der Waals surface area contributed by atoms with Gasteiger partial charge < -0.3 is 10.6 Å². The van der Waals surface area contributed by atoms with Gasteiger partial charge in [-0.15, -0.1) is 0 Å². The van der Waals surface area contributed by atoms with Crippen LogP contribution >= 0.6 is 0 Å². The SMILES string of the molecule is O=C(N[C@@H]1CCCNC1=O)c1ccc(Cc2cccc(F)c2)nc1. The second-order valence-corrected chi connectivity index (χ2v) is 5.80. The minimum atomic E-state index is -0.488. The molecule has 124 valence electrons. The maximum atomic E-state index is 13.2. The molecule has 1 fully saturated rings. The quantitative estimate of drug-likeness (QED) is 0.900. The van der Waals surface area contributed by atoms with E-state index in [0.29, 0.717) is 24.9 Å². The van der Waals surface area contributed by atoms with Gasteiger partial charge in [-0.2, -0.15) is 0 Å². The molecule has 1 saturated heterocycles. The van der Waals surface area contributed by atoms with Crippen LogP contribution in [0.15, 0.2) is 42.6 Å². The largest absolute Gasteiger partial charge is 0.354 e. The fourth-order valence-electron chi connectivity index (χ4n) is 2.67. The number of carbonyl (C=O) groups is 2. The van der Waals surface area contributed by atoms with Crippen molar-refractivity contribution in [3.05, 3.63) is 65.2 Å². The van der Waals surface area contributed by atoms with Crippen molar-refractivity contribution in [2.45, 2.75) is 25.3 Å². The molecule has 2 aromatic rings. The fraction of sp³-hybridized carbons (Fsp3) is 0.278. The van der Waals surface area contributed by atoms with Crippen molar-refractivity contribution in [3.8, 4) is 0 Å². The third kappa shape index (κ3) is 3.95. The number of aromatic nitrogens is 1. The summed E-state index contributed by atoms with van der Waals surface area (Å²) in [6.07, 6.45) is 3.46. The van der Waals surface area contributed by atoms with Gasteiger partial charge in [0, 0.05) is 24.9 Å². The Balaban J connectivity index is 1.63. The lowest BCUT2D eigenvalue weighted by Gasteiger charge is -2.22. The Morgan fingerprint density at radius 3 is 2.92 bits per heavy atom. The number of hydrogen-bond donors (Lipinski definition) is 2. The summed E-state index contributed by atoms with van der Waals surface area (Å²) in [5.41, 5.74) is 1.96. The first-order chi connectivity index (χ1) is 11.6. The van der Waals surface area contributed by atoms with Crippen LogP contribution in [0.4, 0.5) is 4.39 Å². The van der Waals surface area contributed by atoms with E-state index in [-0.39, 0.29) is 17.6 Å². The van der Waals surface area contributed by atoms with E-state index < -0.39 is 6.04 Å². The standard InChI is InChI=1S/C18H18FN3O2/c19-14-4-1-3-12(9-14)10-15-7-6-13(11-21-15)17(23)22-16-5-2-8-20-18(16)24/h1,3-4,6-7,9,11,16H,2,5,8,10H2,(H,20,24)(H,22,23)/t16-/m1/s1. The third-order valence-corrected chi connectivity index (χ3v) is 3.95. The number of halogens is 1. The number of nitrogens with one attached hydrogen (secondary N) is 2. The molecule has 1 aliphatic rings. The molecular weight excluding hydrogens is 309 g/mol. The van der Waals surface area contributed by atoms with Gasteiger partial charge in [0.25, 0.3) is 5.91 Å². The molecular formula is C18H18FN3O2. The van der Waals surface area contributed by atoms with Gasteiger partial charge in [0.15, 0.2) is 0 Å². The Bertz CT molecular complexity index is 746. The third-order valence-electron chi connectivity index (χ3n) is 3.95. The molecule has 0 unspecified atom stereocenters. The molecule has 0 spiro atoms. The van der Waals surface area contributed by atoms with E-state index in [2.05, 4.69) is 15.6 Å². The highest BCUT2D eigenvalue weighted by Gasteiger charge is 2.24. The highest BCUT2D eigenvalue weighted by molar-refractivity contribution is 5.97.